The second-order valence-corrected chi connectivity index (χ2v) is 8.40. The van der Waals surface area contributed by atoms with Crippen molar-refractivity contribution in [2.45, 2.75) is 0 Å². The number of nitrogens with zero attached hydrogens (tertiary/aromatic N) is 2. The predicted molar refractivity (Wildman–Crippen MR) is 133 cm³/mol. The maximum Gasteiger partial charge on any atom is 0.266 e. The molecule has 0 saturated heterocycles. The molecule has 0 aliphatic heterocycles. The Kier molecular flexibility index (Phi) is 5.11. The zero-order valence-corrected chi connectivity index (χ0v) is 18.5. The largest absolute Gasteiger partial charge is 0.268 e. The number of hydrogen-bond acceptors (Lipinski definition) is 2. The molecule has 0 fully saturated rings. The predicted octanol–water partition coefficient (Wildman–Crippen LogP) is 6.45. The molecule has 5 rings (SSSR count). The van der Waals surface area contributed by atoms with Crippen molar-refractivity contribution < 1.29 is 4.39 Å². The summed E-state index contributed by atoms with van der Waals surface area (Å²) in [6.45, 7) is 0. The van der Waals surface area contributed by atoms with Crippen LogP contribution in [0.15, 0.2) is 89.7 Å². The SMILES string of the molecule is O=c1c2cc(I)ccc2nc(C=Cc2ccccc2F)n1-c1ccc2ccccc2c1. The van der Waals surface area contributed by atoms with E-state index in [9.17, 15) is 9.18 Å². The first-order valence-corrected chi connectivity index (χ1v) is 10.8. The lowest BCUT2D eigenvalue weighted by Gasteiger charge is -2.12. The average molecular weight is 518 g/mol. The van der Waals surface area contributed by atoms with Gasteiger partial charge < -0.3 is 0 Å². The van der Waals surface area contributed by atoms with E-state index in [0.29, 0.717) is 28.0 Å². The summed E-state index contributed by atoms with van der Waals surface area (Å²) >= 11 is 2.19. The van der Waals surface area contributed by atoms with Crippen LogP contribution < -0.4 is 5.56 Å². The van der Waals surface area contributed by atoms with Crippen molar-refractivity contribution in [2.24, 2.45) is 0 Å². The standard InChI is InChI=1S/C26H16FIN2O/c27-23-8-4-3-6-18(23)10-14-25-29-24-13-11-20(28)16-22(24)26(31)30(25)21-12-9-17-5-1-2-7-19(17)15-21/h1-16H. The molecular weight excluding hydrogens is 502 g/mol. The van der Waals surface area contributed by atoms with Gasteiger partial charge in [-0.3, -0.25) is 9.36 Å². The van der Waals surface area contributed by atoms with Crippen LogP contribution in [0.5, 0.6) is 0 Å². The van der Waals surface area contributed by atoms with Gasteiger partial charge >= 0.3 is 0 Å². The van der Waals surface area contributed by atoms with Gasteiger partial charge in [0.25, 0.3) is 5.56 Å². The Bertz CT molecular complexity index is 1540. The summed E-state index contributed by atoms with van der Waals surface area (Å²) in [4.78, 5) is 18.3. The van der Waals surface area contributed by atoms with Gasteiger partial charge in [-0.2, -0.15) is 0 Å². The molecule has 0 N–H and O–H groups in total. The van der Waals surface area contributed by atoms with Crippen LogP contribution >= 0.6 is 22.6 Å². The number of rotatable bonds is 3. The first kappa shape index (κ1) is 19.6. The lowest BCUT2D eigenvalue weighted by molar-refractivity contribution is 0.625. The van der Waals surface area contributed by atoms with Crippen molar-refractivity contribution in [3.63, 3.8) is 0 Å². The van der Waals surface area contributed by atoms with E-state index in [1.54, 1.807) is 34.9 Å². The van der Waals surface area contributed by atoms with Crippen LogP contribution in [-0.2, 0) is 0 Å². The van der Waals surface area contributed by atoms with E-state index in [1.807, 2.05) is 60.7 Å². The third kappa shape index (κ3) is 3.77. The van der Waals surface area contributed by atoms with Crippen LogP contribution in [0.3, 0.4) is 0 Å². The summed E-state index contributed by atoms with van der Waals surface area (Å²) < 4.78 is 16.7. The molecule has 0 aliphatic rings. The second kappa shape index (κ2) is 8.07. The number of fused-ring (bicyclic) bond motifs is 2. The van der Waals surface area contributed by atoms with E-state index in [4.69, 9.17) is 4.98 Å². The quantitative estimate of drug-likeness (QED) is 0.257. The monoisotopic (exact) mass is 518 g/mol. The van der Waals surface area contributed by atoms with Crippen molar-refractivity contribution in [1.29, 1.82) is 0 Å². The Morgan fingerprint density at radius 3 is 2.45 bits per heavy atom. The maximum atomic E-state index is 14.1. The molecule has 5 aromatic rings. The van der Waals surface area contributed by atoms with Crippen LogP contribution in [0.1, 0.15) is 11.4 Å². The van der Waals surface area contributed by atoms with E-state index in [0.717, 1.165) is 14.3 Å². The third-order valence-electron chi connectivity index (χ3n) is 5.16. The first-order chi connectivity index (χ1) is 15.1. The van der Waals surface area contributed by atoms with E-state index in [2.05, 4.69) is 22.6 Å². The molecule has 0 atom stereocenters. The Morgan fingerprint density at radius 1 is 0.839 bits per heavy atom. The molecule has 0 radical (unpaired) electrons. The van der Waals surface area contributed by atoms with Crippen LogP contribution in [0.4, 0.5) is 4.39 Å². The normalized spacial score (nSPS) is 11.5. The molecule has 150 valence electrons. The van der Waals surface area contributed by atoms with Crippen molar-refractivity contribution in [2.75, 3.05) is 0 Å². The summed E-state index contributed by atoms with van der Waals surface area (Å²) in [6, 6.07) is 26.0. The minimum absolute atomic E-state index is 0.160. The summed E-state index contributed by atoms with van der Waals surface area (Å²) in [7, 11) is 0. The third-order valence-corrected chi connectivity index (χ3v) is 5.84. The minimum atomic E-state index is -0.325. The van der Waals surface area contributed by atoms with Gasteiger partial charge in [0.1, 0.15) is 11.6 Å². The van der Waals surface area contributed by atoms with Gasteiger partial charge in [0.2, 0.25) is 0 Å². The molecule has 0 bridgehead atoms. The fourth-order valence-corrected chi connectivity index (χ4v) is 4.12. The number of hydrogen-bond donors (Lipinski definition) is 0. The topological polar surface area (TPSA) is 34.9 Å². The molecule has 4 aromatic carbocycles. The molecule has 0 amide bonds. The van der Waals surface area contributed by atoms with Crippen LogP contribution in [0.2, 0.25) is 0 Å². The fourth-order valence-electron chi connectivity index (χ4n) is 3.63. The molecule has 0 unspecified atom stereocenters. The van der Waals surface area contributed by atoms with Crippen LogP contribution in [-0.4, -0.2) is 9.55 Å². The van der Waals surface area contributed by atoms with E-state index in [1.165, 1.54) is 6.07 Å². The Labute approximate surface area is 191 Å². The Morgan fingerprint density at radius 2 is 1.61 bits per heavy atom. The van der Waals surface area contributed by atoms with Gasteiger partial charge in [0.15, 0.2) is 0 Å². The van der Waals surface area contributed by atoms with Gasteiger partial charge in [-0.25, -0.2) is 9.37 Å². The zero-order chi connectivity index (χ0) is 21.4. The fraction of sp³-hybridized carbons (Fsp3) is 0. The summed E-state index contributed by atoms with van der Waals surface area (Å²) in [5.74, 6) is 0.117. The molecule has 0 saturated carbocycles. The van der Waals surface area contributed by atoms with Crippen molar-refractivity contribution in [3.05, 3.63) is 116 Å². The smallest absolute Gasteiger partial charge is 0.266 e. The highest BCUT2D eigenvalue weighted by atomic mass is 127. The summed E-state index contributed by atoms with van der Waals surface area (Å²) in [6.07, 6.45) is 3.33. The van der Waals surface area contributed by atoms with Gasteiger partial charge in [-0.1, -0.05) is 48.5 Å². The van der Waals surface area contributed by atoms with Gasteiger partial charge in [0, 0.05) is 9.13 Å². The van der Waals surface area contributed by atoms with Crippen molar-refractivity contribution in [3.8, 4) is 5.69 Å². The maximum absolute atomic E-state index is 14.1. The van der Waals surface area contributed by atoms with Gasteiger partial charge in [0.05, 0.1) is 16.6 Å². The molecule has 0 spiro atoms. The van der Waals surface area contributed by atoms with E-state index < -0.39 is 0 Å². The van der Waals surface area contributed by atoms with Gasteiger partial charge in [-0.15, -0.1) is 0 Å². The molecule has 1 aromatic heterocycles. The van der Waals surface area contributed by atoms with E-state index >= 15 is 0 Å². The van der Waals surface area contributed by atoms with Crippen molar-refractivity contribution >= 4 is 56.4 Å². The Balaban J connectivity index is 1.77. The van der Waals surface area contributed by atoms with Crippen molar-refractivity contribution in [1.82, 2.24) is 9.55 Å². The number of halogens is 2. The highest BCUT2D eigenvalue weighted by Gasteiger charge is 2.12. The average Bonchev–Trinajstić information content (AvgIpc) is 2.79. The second-order valence-electron chi connectivity index (χ2n) is 7.16. The summed E-state index contributed by atoms with van der Waals surface area (Å²) in [5.41, 5.74) is 1.59. The molecule has 0 aliphatic carbocycles. The lowest BCUT2D eigenvalue weighted by atomic mass is 10.1. The number of benzene rings is 4. The minimum Gasteiger partial charge on any atom is -0.268 e. The number of aromatic nitrogens is 2. The van der Waals surface area contributed by atoms with Crippen LogP contribution in [0.25, 0.3) is 39.5 Å². The van der Waals surface area contributed by atoms with Gasteiger partial charge in [-0.05, 0) is 81.9 Å². The molecule has 3 nitrogen and oxygen atoms in total. The molecule has 31 heavy (non-hydrogen) atoms. The zero-order valence-electron chi connectivity index (χ0n) is 16.3. The Hall–Kier alpha value is -3.32. The lowest BCUT2D eigenvalue weighted by Crippen LogP contribution is -2.22. The van der Waals surface area contributed by atoms with E-state index in [-0.39, 0.29) is 11.4 Å². The molecule has 1 heterocycles. The highest BCUT2D eigenvalue weighted by Crippen LogP contribution is 2.21. The first-order valence-electron chi connectivity index (χ1n) is 9.74. The highest BCUT2D eigenvalue weighted by molar-refractivity contribution is 14.1. The van der Waals surface area contributed by atoms with Crippen LogP contribution in [0, 0.1) is 9.39 Å². The molecular formula is C26H16FIN2O. The summed E-state index contributed by atoms with van der Waals surface area (Å²) in [5, 5.41) is 2.66. The molecule has 5 heteroatoms.